The van der Waals surface area contributed by atoms with Crippen LogP contribution in [0.25, 0.3) is 6.08 Å². The van der Waals surface area contributed by atoms with Crippen molar-refractivity contribution in [2.75, 3.05) is 0 Å². The van der Waals surface area contributed by atoms with Crippen LogP contribution in [-0.2, 0) is 17.9 Å². The molecule has 0 aromatic heterocycles. The number of amides is 1. The van der Waals surface area contributed by atoms with Gasteiger partial charge in [0.1, 0.15) is 5.82 Å². The molecule has 0 bridgehead atoms. The van der Waals surface area contributed by atoms with E-state index in [9.17, 15) is 9.18 Å². The Balaban J connectivity index is 1.85. The van der Waals surface area contributed by atoms with E-state index in [0.29, 0.717) is 13.1 Å². The van der Waals surface area contributed by atoms with Crippen LogP contribution in [0.15, 0.2) is 54.6 Å². The highest BCUT2D eigenvalue weighted by molar-refractivity contribution is 5.91. The number of nitrogens with one attached hydrogen (secondary N) is 1. The maximum atomic E-state index is 12.7. The minimum absolute atomic E-state index is 0.192. The van der Waals surface area contributed by atoms with Crippen molar-refractivity contribution in [1.82, 2.24) is 5.32 Å². The van der Waals surface area contributed by atoms with E-state index in [-0.39, 0.29) is 11.7 Å². The van der Waals surface area contributed by atoms with Crippen molar-refractivity contribution < 1.29 is 9.18 Å². The molecule has 2 aromatic rings. The normalized spacial score (nSPS) is 10.8. The second kappa shape index (κ2) is 7.36. The van der Waals surface area contributed by atoms with Crippen LogP contribution in [-0.4, -0.2) is 5.91 Å². The third-order valence-electron chi connectivity index (χ3n) is 3.02. The van der Waals surface area contributed by atoms with Gasteiger partial charge in [-0.15, -0.1) is 0 Å². The lowest BCUT2D eigenvalue weighted by Crippen LogP contribution is -2.20. The average Bonchev–Trinajstić information content (AvgIpc) is 2.53. The second-order valence-electron chi connectivity index (χ2n) is 4.62. The smallest absolute Gasteiger partial charge is 0.244 e. The van der Waals surface area contributed by atoms with Crippen molar-refractivity contribution in [2.45, 2.75) is 13.1 Å². The van der Waals surface area contributed by atoms with E-state index in [4.69, 9.17) is 5.73 Å². The van der Waals surface area contributed by atoms with Crippen LogP contribution < -0.4 is 11.1 Å². The standard InChI is InChI=1S/C17H17FN2O/c18-16-8-5-13(6-9-16)7-10-17(21)20-12-15-3-1-14(11-19)2-4-15/h1-10H,11-12,19H2,(H,20,21)/b10-7+. The average molecular weight is 284 g/mol. The molecule has 0 saturated carbocycles. The quantitative estimate of drug-likeness (QED) is 0.829. The van der Waals surface area contributed by atoms with Gasteiger partial charge < -0.3 is 11.1 Å². The zero-order chi connectivity index (χ0) is 15.1. The Morgan fingerprint density at radius 3 is 2.29 bits per heavy atom. The van der Waals surface area contributed by atoms with Crippen molar-refractivity contribution in [1.29, 1.82) is 0 Å². The van der Waals surface area contributed by atoms with Gasteiger partial charge >= 0.3 is 0 Å². The molecule has 3 N–H and O–H groups in total. The fraction of sp³-hybridized carbons (Fsp3) is 0.118. The van der Waals surface area contributed by atoms with Crippen molar-refractivity contribution in [3.63, 3.8) is 0 Å². The lowest BCUT2D eigenvalue weighted by atomic mass is 10.1. The molecule has 4 heteroatoms. The van der Waals surface area contributed by atoms with E-state index >= 15 is 0 Å². The molecule has 1 amide bonds. The minimum Gasteiger partial charge on any atom is -0.348 e. The first-order valence-corrected chi connectivity index (χ1v) is 6.67. The number of rotatable bonds is 5. The van der Waals surface area contributed by atoms with E-state index in [1.807, 2.05) is 24.3 Å². The lowest BCUT2D eigenvalue weighted by molar-refractivity contribution is -0.116. The van der Waals surface area contributed by atoms with Crippen LogP contribution in [0.3, 0.4) is 0 Å². The second-order valence-corrected chi connectivity index (χ2v) is 4.62. The Hall–Kier alpha value is -2.46. The van der Waals surface area contributed by atoms with Gasteiger partial charge in [-0.1, -0.05) is 36.4 Å². The van der Waals surface area contributed by atoms with Gasteiger partial charge in [-0.25, -0.2) is 4.39 Å². The van der Waals surface area contributed by atoms with Crippen molar-refractivity contribution in [3.05, 3.63) is 77.1 Å². The number of carbonyl (C=O) groups excluding carboxylic acids is 1. The number of carbonyl (C=O) groups is 1. The molecule has 0 aliphatic rings. The van der Waals surface area contributed by atoms with Crippen LogP contribution in [0.1, 0.15) is 16.7 Å². The van der Waals surface area contributed by atoms with E-state index < -0.39 is 0 Å². The largest absolute Gasteiger partial charge is 0.348 e. The molecule has 0 aliphatic carbocycles. The van der Waals surface area contributed by atoms with Gasteiger partial charge in [-0.2, -0.15) is 0 Å². The Morgan fingerprint density at radius 2 is 1.67 bits per heavy atom. The third-order valence-corrected chi connectivity index (χ3v) is 3.02. The number of benzene rings is 2. The molecule has 2 aromatic carbocycles. The predicted molar refractivity (Wildman–Crippen MR) is 81.6 cm³/mol. The Bertz CT molecular complexity index is 618. The molecule has 0 heterocycles. The summed E-state index contributed by atoms with van der Waals surface area (Å²) in [6.45, 7) is 0.963. The van der Waals surface area contributed by atoms with E-state index in [2.05, 4.69) is 5.32 Å². The first-order valence-electron chi connectivity index (χ1n) is 6.67. The van der Waals surface area contributed by atoms with Crippen molar-refractivity contribution >= 4 is 12.0 Å². The molecule has 2 rings (SSSR count). The first-order chi connectivity index (χ1) is 10.2. The van der Waals surface area contributed by atoms with Crippen LogP contribution in [0.2, 0.25) is 0 Å². The number of hydrogen-bond acceptors (Lipinski definition) is 2. The summed E-state index contributed by atoms with van der Waals surface area (Å²) in [6.07, 6.45) is 3.08. The minimum atomic E-state index is -0.294. The summed E-state index contributed by atoms with van der Waals surface area (Å²) in [5, 5.41) is 2.79. The van der Waals surface area contributed by atoms with Gasteiger partial charge in [-0.05, 0) is 34.9 Å². The molecule has 0 fully saturated rings. The monoisotopic (exact) mass is 284 g/mol. The fourth-order valence-electron chi connectivity index (χ4n) is 1.79. The maximum absolute atomic E-state index is 12.7. The molecule has 0 spiro atoms. The first kappa shape index (κ1) is 14.9. The van der Waals surface area contributed by atoms with Crippen LogP contribution in [0.5, 0.6) is 0 Å². The number of nitrogens with two attached hydrogens (primary N) is 1. The molecular weight excluding hydrogens is 267 g/mol. The van der Waals surface area contributed by atoms with Crippen molar-refractivity contribution in [2.24, 2.45) is 5.73 Å². The molecule has 0 radical (unpaired) electrons. The predicted octanol–water partition coefficient (Wildman–Crippen LogP) is 2.61. The zero-order valence-electron chi connectivity index (χ0n) is 11.6. The summed E-state index contributed by atoms with van der Waals surface area (Å²) in [5.74, 6) is -0.486. The van der Waals surface area contributed by atoms with E-state index in [1.54, 1.807) is 18.2 Å². The number of hydrogen-bond donors (Lipinski definition) is 2. The molecule has 108 valence electrons. The highest BCUT2D eigenvalue weighted by atomic mass is 19.1. The molecule has 3 nitrogen and oxygen atoms in total. The molecule has 0 unspecified atom stereocenters. The van der Waals surface area contributed by atoms with Gasteiger partial charge in [0.15, 0.2) is 0 Å². The number of halogens is 1. The maximum Gasteiger partial charge on any atom is 0.244 e. The summed E-state index contributed by atoms with van der Waals surface area (Å²) in [4.78, 5) is 11.7. The molecule has 0 atom stereocenters. The lowest BCUT2D eigenvalue weighted by Gasteiger charge is -2.03. The topological polar surface area (TPSA) is 55.1 Å². The van der Waals surface area contributed by atoms with E-state index in [1.165, 1.54) is 18.2 Å². The summed E-state index contributed by atoms with van der Waals surface area (Å²) in [7, 11) is 0. The molecule has 21 heavy (non-hydrogen) atoms. The Morgan fingerprint density at radius 1 is 1.05 bits per heavy atom. The van der Waals surface area contributed by atoms with Crippen LogP contribution in [0.4, 0.5) is 4.39 Å². The molecule has 0 saturated heterocycles. The highest BCUT2D eigenvalue weighted by Crippen LogP contribution is 2.05. The van der Waals surface area contributed by atoms with Gasteiger partial charge in [-0.3, -0.25) is 4.79 Å². The molecule has 0 aliphatic heterocycles. The highest BCUT2D eigenvalue weighted by Gasteiger charge is 1.97. The van der Waals surface area contributed by atoms with E-state index in [0.717, 1.165) is 16.7 Å². The van der Waals surface area contributed by atoms with Gasteiger partial charge in [0.05, 0.1) is 0 Å². The van der Waals surface area contributed by atoms with Gasteiger partial charge in [0, 0.05) is 19.2 Å². The fourth-order valence-corrected chi connectivity index (χ4v) is 1.79. The zero-order valence-corrected chi connectivity index (χ0v) is 11.6. The third kappa shape index (κ3) is 4.85. The van der Waals surface area contributed by atoms with Crippen molar-refractivity contribution in [3.8, 4) is 0 Å². The molecular formula is C17H17FN2O. The summed E-state index contributed by atoms with van der Waals surface area (Å²) >= 11 is 0. The summed E-state index contributed by atoms with van der Waals surface area (Å²) in [5.41, 5.74) is 8.37. The summed E-state index contributed by atoms with van der Waals surface area (Å²) in [6, 6.07) is 13.7. The van der Waals surface area contributed by atoms with Crippen LogP contribution in [0, 0.1) is 5.82 Å². The summed E-state index contributed by atoms with van der Waals surface area (Å²) < 4.78 is 12.7. The SMILES string of the molecule is NCc1ccc(CNC(=O)/C=C/c2ccc(F)cc2)cc1. The Labute approximate surface area is 123 Å². The van der Waals surface area contributed by atoms with Gasteiger partial charge in [0.25, 0.3) is 0 Å². The van der Waals surface area contributed by atoms with Gasteiger partial charge in [0.2, 0.25) is 5.91 Å². The Kier molecular flexibility index (Phi) is 5.23. The van der Waals surface area contributed by atoms with Crippen LogP contribution >= 0.6 is 0 Å².